The molecule has 2 rings (SSSR count). The zero-order valence-corrected chi connectivity index (χ0v) is 12.2. The molecule has 0 atom stereocenters. The molecule has 0 aliphatic rings. The number of halogens is 1. The van der Waals surface area contributed by atoms with E-state index in [1.165, 1.54) is 37.6 Å². The Morgan fingerprint density at radius 1 is 1.29 bits per heavy atom. The van der Waals surface area contributed by atoms with Crippen LogP contribution in [0.1, 0.15) is 0 Å². The van der Waals surface area contributed by atoms with Crippen molar-refractivity contribution in [2.24, 2.45) is 0 Å². The topological polar surface area (TPSA) is 80.3 Å². The monoisotopic (exact) mass is 311 g/mol. The molecule has 2 N–H and O–H groups in total. The first kappa shape index (κ1) is 15.0. The molecule has 0 radical (unpaired) electrons. The third-order valence-electron chi connectivity index (χ3n) is 2.70. The highest BCUT2D eigenvalue weighted by atomic mass is 32.2. The number of nitrogens with zero attached hydrogens (tertiary/aromatic N) is 1. The quantitative estimate of drug-likeness (QED) is 0.883. The summed E-state index contributed by atoms with van der Waals surface area (Å²) in [5, 5.41) is 2.70. The average Bonchev–Trinajstić information content (AvgIpc) is 2.49. The Kier molecular flexibility index (Phi) is 4.27. The number of nitrogens with one attached hydrogen (secondary N) is 2. The normalized spacial score (nSPS) is 11.0. The van der Waals surface area contributed by atoms with Crippen molar-refractivity contribution < 1.29 is 17.5 Å². The summed E-state index contributed by atoms with van der Waals surface area (Å²) in [5.41, 5.74) is 0.194. The van der Waals surface area contributed by atoms with Crippen LogP contribution in [0.2, 0.25) is 0 Å². The van der Waals surface area contributed by atoms with Gasteiger partial charge in [0.25, 0.3) is 10.0 Å². The number of aromatic nitrogens is 1. The number of hydrogen-bond donors (Lipinski definition) is 2. The first-order valence-corrected chi connectivity index (χ1v) is 7.45. The molecule has 112 valence electrons. The predicted molar refractivity (Wildman–Crippen MR) is 77.5 cm³/mol. The van der Waals surface area contributed by atoms with Crippen LogP contribution >= 0.6 is 0 Å². The minimum absolute atomic E-state index is 0.00390. The van der Waals surface area contributed by atoms with Crippen LogP contribution in [0.15, 0.2) is 41.4 Å². The van der Waals surface area contributed by atoms with Crippen molar-refractivity contribution >= 4 is 21.5 Å². The lowest BCUT2D eigenvalue weighted by Crippen LogP contribution is -2.15. The van der Waals surface area contributed by atoms with Crippen molar-refractivity contribution in [2.45, 2.75) is 4.90 Å². The highest BCUT2D eigenvalue weighted by Crippen LogP contribution is 2.25. The number of methoxy groups -OCH3 is 1. The first-order chi connectivity index (χ1) is 9.97. The van der Waals surface area contributed by atoms with Crippen LogP contribution in [0.5, 0.6) is 5.75 Å². The van der Waals surface area contributed by atoms with E-state index in [1.54, 1.807) is 7.05 Å². The third-order valence-corrected chi connectivity index (χ3v) is 4.11. The minimum Gasteiger partial charge on any atom is -0.494 e. The van der Waals surface area contributed by atoms with Crippen molar-refractivity contribution in [3.8, 4) is 5.75 Å². The van der Waals surface area contributed by atoms with Gasteiger partial charge in [0, 0.05) is 19.3 Å². The Balaban J connectivity index is 2.37. The maximum atomic E-state index is 13.3. The first-order valence-electron chi connectivity index (χ1n) is 5.97. The van der Waals surface area contributed by atoms with E-state index >= 15 is 0 Å². The van der Waals surface area contributed by atoms with E-state index in [9.17, 15) is 12.8 Å². The highest BCUT2D eigenvalue weighted by molar-refractivity contribution is 7.92. The van der Waals surface area contributed by atoms with Crippen molar-refractivity contribution in [2.75, 3.05) is 24.2 Å². The number of hydrogen-bond acceptors (Lipinski definition) is 5. The molecule has 0 saturated carbocycles. The van der Waals surface area contributed by atoms with Gasteiger partial charge in [0.2, 0.25) is 0 Å². The van der Waals surface area contributed by atoms with E-state index in [-0.39, 0.29) is 22.2 Å². The fourth-order valence-electron chi connectivity index (χ4n) is 1.73. The van der Waals surface area contributed by atoms with E-state index in [4.69, 9.17) is 4.74 Å². The SMILES string of the molecule is CNc1ncccc1S(=O)(=O)Nc1ccc(F)c(OC)c1. The smallest absolute Gasteiger partial charge is 0.265 e. The molecule has 0 spiro atoms. The lowest BCUT2D eigenvalue weighted by atomic mass is 10.3. The Morgan fingerprint density at radius 3 is 2.71 bits per heavy atom. The molecule has 0 saturated heterocycles. The van der Waals surface area contributed by atoms with Crippen LogP contribution in [-0.2, 0) is 10.0 Å². The molecule has 0 fully saturated rings. The van der Waals surface area contributed by atoms with Gasteiger partial charge in [0.15, 0.2) is 11.6 Å². The summed E-state index contributed by atoms with van der Waals surface area (Å²) >= 11 is 0. The summed E-state index contributed by atoms with van der Waals surface area (Å²) < 4.78 is 45.2. The molecule has 0 bridgehead atoms. The molecule has 1 aromatic carbocycles. The zero-order valence-electron chi connectivity index (χ0n) is 11.4. The Morgan fingerprint density at radius 2 is 2.05 bits per heavy atom. The number of rotatable bonds is 5. The Labute approximate surface area is 122 Å². The number of ether oxygens (including phenoxy) is 1. The van der Waals surface area contributed by atoms with E-state index in [0.717, 1.165) is 6.07 Å². The largest absolute Gasteiger partial charge is 0.494 e. The molecular formula is C13H14FN3O3S. The molecule has 0 aliphatic carbocycles. The van der Waals surface area contributed by atoms with Crippen LogP contribution in [0.4, 0.5) is 15.9 Å². The lowest BCUT2D eigenvalue weighted by molar-refractivity contribution is 0.387. The molecule has 1 aromatic heterocycles. The zero-order chi connectivity index (χ0) is 15.5. The summed E-state index contributed by atoms with van der Waals surface area (Å²) in [7, 11) is -0.973. The number of sulfonamides is 1. The Bertz CT molecular complexity index is 750. The molecule has 6 nitrogen and oxygen atoms in total. The third kappa shape index (κ3) is 3.22. The standard InChI is InChI=1S/C13H14FN3O3S/c1-15-13-12(4-3-7-16-13)21(18,19)17-9-5-6-10(14)11(8-9)20-2/h3-8,17H,1-2H3,(H,15,16). The molecule has 0 unspecified atom stereocenters. The van der Waals surface area contributed by atoms with Gasteiger partial charge in [0.1, 0.15) is 10.7 Å². The van der Waals surface area contributed by atoms with E-state index < -0.39 is 15.8 Å². The van der Waals surface area contributed by atoms with Gasteiger partial charge in [-0.05, 0) is 24.3 Å². The van der Waals surface area contributed by atoms with Gasteiger partial charge < -0.3 is 10.1 Å². The van der Waals surface area contributed by atoms with E-state index in [2.05, 4.69) is 15.0 Å². The van der Waals surface area contributed by atoms with E-state index in [0.29, 0.717) is 0 Å². The number of pyridine rings is 1. The maximum Gasteiger partial charge on any atom is 0.265 e. The van der Waals surface area contributed by atoms with Gasteiger partial charge in [-0.1, -0.05) is 0 Å². The van der Waals surface area contributed by atoms with Crippen LogP contribution in [-0.4, -0.2) is 27.6 Å². The summed E-state index contributed by atoms with van der Waals surface area (Å²) in [6.45, 7) is 0. The molecule has 1 heterocycles. The van der Waals surface area contributed by atoms with Crippen molar-refractivity contribution in [3.63, 3.8) is 0 Å². The predicted octanol–water partition coefficient (Wildman–Crippen LogP) is 2.07. The van der Waals surface area contributed by atoms with Crippen LogP contribution in [0.25, 0.3) is 0 Å². The van der Waals surface area contributed by atoms with Crippen molar-refractivity contribution in [1.82, 2.24) is 4.98 Å². The summed E-state index contributed by atoms with van der Waals surface area (Å²) in [5.74, 6) is -0.396. The van der Waals surface area contributed by atoms with Gasteiger partial charge in [-0.3, -0.25) is 4.72 Å². The highest BCUT2D eigenvalue weighted by Gasteiger charge is 2.19. The second-order valence-electron chi connectivity index (χ2n) is 4.05. The van der Waals surface area contributed by atoms with Gasteiger partial charge in [0.05, 0.1) is 12.8 Å². The summed E-state index contributed by atoms with van der Waals surface area (Å²) in [4.78, 5) is 3.93. The van der Waals surface area contributed by atoms with Gasteiger partial charge >= 0.3 is 0 Å². The summed E-state index contributed by atoms with van der Waals surface area (Å²) in [6.07, 6.45) is 1.48. The number of anilines is 2. The molecular weight excluding hydrogens is 297 g/mol. The second kappa shape index (κ2) is 5.96. The maximum absolute atomic E-state index is 13.3. The molecule has 0 amide bonds. The van der Waals surface area contributed by atoms with Crippen molar-refractivity contribution in [1.29, 1.82) is 0 Å². The van der Waals surface area contributed by atoms with Crippen LogP contribution in [0, 0.1) is 5.82 Å². The summed E-state index contributed by atoms with van der Waals surface area (Å²) in [6, 6.07) is 6.63. The van der Waals surface area contributed by atoms with Gasteiger partial charge in [-0.2, -0.15) is 0 Å². The lowest BCUT2D eigenvalue weighted by Gasteiger charge is -2.12. The second-order valence-corrected chi connectivity index (χ2v) is 5.71. The van der Waals surface area contributed by atoms with Gasteiger partial charge in [-0.15, -0.1) is 0 Å². The molecule has 8 heteroatoms. The van der Waals surface area contributed by atoms with Gasteiger partial charge in [-0.25, -0.2) is 17.8 Å². The molecule has 2 aromatic rings. The average molecular weight is 311 g/mol. The Hall–Kier alpha value is -2.35. The van der Waals surface area contributed by atoms with Crippen LogP contribution < -0.4 is 14.8 Å². The van der Waals surface area contributed by atoms with Crippen molar-refractivity contribution in [3.05, 3.63) is 42.3 Å². The molecule has 21 heavy (non-hydrogen) atoms. The van der Waals surface area contributed by atoms with E-state index in [1.807, 2.05) is 0 Å². The fraction of sp³-hybridized carbons (Fsp3) is 0.154. The minimum atomic E-state index is -3.85. The molecule has 0 aliphatic heterocycles. The van der Waals surface area contributed by atoms with Crippen LogP contribution in [0.3, 0.4) is 0 Å². The number of benzene rings is 1. The fourth-order valence-corrected chi connectivity index (χ4v) is 2.94.